The van der Waals surface area contributed by atoms with Crippen molar-refractivity contribution in [2.75, 3.05) is 21.3 Å². The zero-order valence-corrected chi connectivity index (χ0v) is 27.3. The second kappa shape index (κ2) is 18.8. The number of halogens is 6. The standard InChI is InChI=1S/C20H16F2O2.C7H8BO3.C6H2Br2F2.CH4/c1-23-19-9-5-3-7-13(19)15-11-18(22)16(12-17(15)21)14-8-4-6-10-20(14)24-2;1-10-6-4-2-3-5-7(6)11-8-9;7-3-1-5(9)4(8)2-6(3)10;/h3-12H,1-2H3;2-5,9H,1H3;1-2H;1H4. The van der Waals surface area contributed by atoms with Crippen LogP contribution in [0.2, 0.25) is 0 Å². The molecule has 241 valence electrons. The van der Waals surface area contributed by atoms with Crippen molar-refractivity contribution in [3.05, 3.63) is 129 Å². The van der Waals surface area contributed by atoms with Crippen molar-refractivity contribution in [3.63, 3.8) is 0 Å². The second-order valence-corrected chi connectivity index (χ2v) is 10.5. The third-order valence-corrected chi connectivity index (χ3v) is 7.28. The second-order valence-electron chi connectivity index (χ2n) is 8.77. The molecule has 0 fully saturated rings. The lowest BCUT2D eigenvalue weighted by Crippen LogP contribution is -2.01. The van der Waals surface area contributed by atoms with Crippen molar-refractivity contribution < 1.29 is 41.5 Å². The Morgan fingerprint density at radius 2 is 0.848 bits per heavy atom. The number of benzene rings is 5. The average Bonchev–Trinajstić information content (AvgIpc) is 3.05. The van der Waals surface area contributed by atoms with E-state index in [1.54, 1.807) is 73.8 Å². The van der Waals surface area contributed by atoms with Gasteiger partial charge in [-0.15, -0.1) is 0 Å². The number of hydrogen-bond donors (Lipinski definition) is 1. The summed E-state index contributed by atoms with van der Waals surface area (Å²) in [6.07, 6.45) is 0. The van der Waals surface area contributed by atoms with Crippen LogP contribution in [-0.2, 0) is 0 Å². The van der Waals surface area contributed by atoms with Crippen molar-refractivity contribution in [1.82, 2.24) is 0 Å². The van der Waals surface area contributed by atoms with Gasteiger partial charge in [-0.05, 0) is 80.4 Å². The summed E-state index contributed by atoms with van der Waals surface area (Å²) in [5.74, 6) is 0.0575. The molecule has 5 aromatic carbocycles. The van der Waals surface area contributed by atoms with E-state index in [0.29, 0.717) is 41.8 Å². The molecule has 0 bridgehead atoms. The molecule has 0 saturated heterocycles. The Bertz CT molecular complexity index is 1600. The van der Waals surface area contributed by atoms with E-state index in [-0.39, 0.29) is 27.5 Å². The van der Waals surface area contributed by atoms with Gasteiger partial charge < -0.3 is 23.9 Å². The fourth-order valence-corrected chi connectivity index (χ4v) is 4.60. The minimum absolute atomic E-state index is 0. The van der Waals surface area contributed by atoms with Crippen molar-refractivity contribution in [2.24, 2.45) is 0 Å². The maximum atomic E-state index is 14.7. The van der Waals surface area contributed by atoms with Gasteiger partial charge in [-0.25, -0.2) is 17.6 Å². The Labute approximate surface area is 283 Å². The predicted octanol–water partition coefficient (Wildman–Crippen LogP) is 10.0. The molecule has 0 aliphatic carbocycles. The summed E-state index contributed by atoms with van der Waals surface area (Å²) in [6, 6.07) is 25.4. The van der Waals surface area contributed by atoms with Gasteiger partial charge in [0.1, 0.15) is 40.5 Å². The van der Waals surface area contributed by atoms with Gasteiger partial charge in [-0.2, -0.15) is 0 Å². The highest BCUT2D eigenvalue weighted by molar-refractivity contribution is 9.11. The predicted molar refractivity (Wildman–Crippen MR) is 180 cm³/mol. The van der Waals surface area contributed by atoms with E-state index >= 15 is 0 Å². The van der Waals surface area contributed by atoms with Crippen LogP contribution >= 0.6 is 31.9 Å². The smallest absolute Gasteiger partial charge is 0.535 e. The number of hydrogen-bond acceptors (Lipinski definition) is 5. The summed E-state index contributed by atoms with van der Waals surface area (Å²) in [5, 5.41) is 8.34. The summed E-state index contributed by atoms with van der Waals surface area (Å²) < 4.78 is 74.8. The van der Waals surface area contributed by atoms with Crippen LogP contribution in [0.4, 0.5) is 17.6 Å². The minimum Gasteiger partial charge on any atom is -0.535 e. The molecular weight excluding hydrogens is 735 g/mol. The molecule has 0 spiro atoms. The molecule has 12 heteroatoms. The number of methoxy groups -OCH3 is 3. The molecule has 0 aliphatic heterocycles. The molecule has 1 radical (unpaired) electrons. The van der Waals surface area contributed by atoms with Gasteiger partial charge >= 0.3 is 7.69 Å². The van der Waals surface area contributed by atoms with E-state index in [2.05, 4.69) is 31.9 Å². The number of rotatable bonds is 7. The molecule has 0 atom stereocenters. The molecule has 5 nitrogen and oxygen atoms in total. The first-order chi connectivity index (χ1) is 21.6. The summed E-state index contributed by atoms with van der Waals surface area (Å²) >= 11 is 5.69. The van der Waals surface area contributed by atoms with Crippen LogP contribution in [-0.4, -0.2) is 34.0 Å². The van der Waals surface area contributed by atoms with Crippen LogP contribution in [0.15, 0.2) is 106 Å². The zero-order chi connectivity index (χ0) is 32.9. The van der Waals surface area contributed by atoms with Crippen LogP contribution < -0.4 is 18.9 Å². The van der Waals surface area contributed by atoms with E-state index in [4.69, 9.17) is 23.9 Å². The topological polar surface area (TPSA) is 57.2 Å². The van der Waals surface area contributed by atoms with E-state index in [1.165, 1.54) is 26.4 Å². The van der Waals surface area contributed by atoms with Gasteiger partial charge in [-0.1, -0.05) is 56.0 Å². The lowest BCUT2D eigenvalue weighted by atomic mass is 9.98. The van der Waals surface area contributed by atoms with Crippen LogP contribution in [0.3, 0.4) is 0 Å². The lowest BCUT2D eigenvalue weighted by molar-refractivity contribution is 0.381. The molecule has 0 saturated carbocycles. The number of para-hydroxylation sites is 4. The Balaban J connectivity index is 0.000000278. The van der Waals surface area contributed by atoms with Gasteiger partial charge in [0, 0.05) is 22.3 Å². The highest BCUT2D eigenvalue weighted by Gasteiger charge is 2.17. The van der Waals surface area contributed by atoms with Gasteiger partial charge in [0.25, 0.3) is 0 Å². The largest absolute Gasteiger partial charge is 0.569 e. The molecule has 5 aromatic rings. The summed E-state index contributed by atoms with van der Waals surface area (Å²) in [6.45, 7) is 0. The SMILES string of the molecule is C.COc1ccccc1-c1cc(F)c(-c2ccccc2OC)cc1F.COc1ccccc1O[B]O.Fc1cc(Br)c(F)cc1Br. The first-order valence-electron chi connectivity index (χ1n) is 13.0. The maximum absolute atomic E-state index is 14.7. The molecular formula is C34H30BBr2F4O5. The lowest BCUT2D eigenvalue weighted by Gasteiger charge is -2.13. The molecule has 46 heavy (non-hydrogen) atoms. The highest BCUT2D eigenvalue weighted by Crippen LogP contribution is 2.37. The van der Waals surface area contributed by atoms with Crippen LogP contribution in [0.1, 0.15) is 7.43 Å². The molecule has 0 amide bonds. The Kier molecular flexibility index (Phi) is 15.6. The molecule has 0 aromatic heterocycles. The Morgan fingerprint density at radius 1 is 0.500 bits per heavy atom. The molecule has 0 aliphatic rings. The molecule has 5 rings (SSSR count). The van der Waals surface area contributed by atoms with Crippen LogP contribution in [0.25, 0.3) is 22.3 Å². The first kappa shape index (κ1) is 38.2. The van der Waals surface area contributed by atoms with Gasteiger partial charge in [0.15, 0.2) is 5.75 Å². The quantitative estimate of drug-likeness (QED) is 0.102. The first-order valence-corrected chi connectivity index (χ1v) is 14.5. The van der Waals surface area contributed by atoms with Gasteiger partial charge in [-0.3, -0.25) is 0 Å². The monoisotopic (exact) mass is 763 g/mol. The van der Waals surface area contributed by atoms with E-state index in [9.17, 15) is 17.6 Å². The molecule has 0 heterocycles. The van der Waals surface area contributed by atoms with Crippen LogP contribution in [0, 0.1) is 23.3 Å². The fourth-order valence-electron chi connectivity index (χ4n) is 3.97. The Hall–Kier alpha value is -4.00. The summed E-state index contributed by atoms with van der Waals surface area (Å²) in [4.78, 5) is 0. The van der Waals surface area contributed by atoms with Crippen molar-refractivity contribution in [2.45, 2.75) is 7.43 Å². The van der Waals surface area contributed by atoms with E-state index < -0.39 is 23.3 Å². The zero-order valence-electron chi connectivity index (χ0n) is 24.2. The van der Waals surface area contributed by atoms with Crippen molar-refractivity contribution in [3.8, 4) is 45.3 Å². The van der Waals surface area contributed by atoms with Gasteiger partial charge in [0.05, 0.1) is 30.3 Å². The van der Waals surface area contributed by atoms with Crippen LogP contribution in [0.5, 0.6) is 23.0 Å². The fraction of sp³-hybridized carbons (Fsp3) is 0.118. The molecule has 0 unspecified atom stereocenters. The van der Waals surface area contributed by atoms with Crippen molar-refractivity contribution in [1.29, 1.82) is 0 Å². The maximum Gasteiger partial charge on any atom is 0.569 e. The van der Waals surface area contributed by atoms with Gasteiger partial charge in [0.2, 0.25) is 0 Å². The molecule has 1 N–H and O–H groups in total. The van der Waals surface area contributed by atoms with E-state index in [1.807, 2.05) is 6.07 Å². The van der Waals surface area contributed by atoms with E-state index in [0.717, 1.165) is 12.1 Å². The summed E-state index contributed by atoms with van der Waals surface area (Å²) in [5.41, 5.74) is 1.32. The summed E-state index contributed by atoms with van der Waals surface area (Å²) in [7, 11) is 5.16. The minimum atomic E-state index is -0.526. The number of ether oxygens (including phenoxy) is 3. The normalized spacial score (nSPS) is 9.78. The third-order valence-electron chi connectivity index (χ3n) is 6.06. The highest BCUT2D eigenvalue weighted by atomic mass is 79.9. The average molecular weight is 765 g/mol. The van der Waals surface area contributed by atoms with Crippen molar-refractivity contribution >= 4 is 39.5 Å². The Morgan fingerprint density at radius 3 is 1.22 bits per heavy atom. The third kappa shape index (κ3) is 10.0.